The van der Waals surface area contributed by atoms with Crippen LogP contribution in [0.3, 0.4) is 0 Å². The zero-order chi connectivity index (χ0) is 13.2. The lowest BCUT2D eigenvalue weighted by molar-refractivity contribution is 0.369. The molecule has 0 spiro atoms. The number of hydrogen-bond donors (Lipinski definition) is 0. The molecule has 0 aromatic heterocycles. The smallest absolute Gasteiger partial charge is 0.0250 e. The maximum absolute atomic E-state index is 2.35. The zero-order valence-electron chi connectivity index (χ0n) is 12.5. The van der Waals surface area contributed by atoms with Crippen molar-refractivity contribution in [1.82, 2.24) is 0 Å². The molecule has 0 N–H and O–H groups in total. The Morgan fingerprint density at radius 2 is 1.67 bits per heavy atom. The van der Waals surface area contributed by atoms with Crippen molar-refractivity contribution in [2.24, 2.45) is 11.8 Å². The molecule has 0 aliphatic heterocycles. The summed E-state index contributed by atoms with van der Waals surface area (Å²) >= 11 is 0. The van der Waals surface area contributed by atoms with E-state index >= 15 is 0 Å². The Kier molecular flexibility index (Phi) is 7.80. The van der Waals surface area contributed by atoms with Crippen LogP contribution in [0.25, 0.3) is 0 Å². The molecule has 102 valence electrons. The van der Waals surface area contributed by atoms with Crippen LogP contribution in [-0.2, 0) is 6.42 Å². The average molecular weight is 246 g/mol. The quantitative estimate of drug-likeness (QED) is 0.479. The van der Waals surface area contributed by atoms with E-state index in [4.69, 9.17) is 0 Å². The molecule has 1 unspecified atom stereocenters. The molecule has 0 heteroatoms. The first-order valence-electron chi connectivity index (χ1n) is 7.76. The largest absolute Gasteiger partial charge is 0.0654 e. The van der Waals surface area contributed by atoms with Crippen molar-refractivity contribution >= 4 is 0 Å². The molecule has 0 bridgehead atoms. The molecule has 0 heterocycles. The van der Waals surface area contributed by atoms with Crippen LogP contribution in [-0.4, -0.2) is 0 Å². The molecule has 1 rings (SSSR count). The lowest BCUT2D eigenvalue weighted by Gasteiger charge is -2.19. The van der Waals surface area contributed by atoms with Gasteiger partial charge in [0.05, 0.1) is 0 Å². The van der Waals surface area contributed by atoms with Crippen molar-refractivity contribution in [3.63, 3.8) is 0 Å². The molecule has 0 nitrogen and oxygen atoms in total. The Labute approximate surface area is 114 Å². The number of benzene rings is 1. The summed E-state index contributed by atoms with van der Waals surface area (Å²) in [4.78, 5) is 0. The molecule has 0 fully saturated rings. The van der Waals surface area contributed by atoms with Crippen LogP contribution in [0.2, 0.25) is 0 Å². The van der Waals surface area contributed by atoms with Crippen molar-refractivity contribution < 1.29 is 0 Å². The predicted octanol–water partition coefficient (Wildman–Crippen LogP) is 5.86. The summed E-state index contributed by atoms with van der Waals surface area (Å²) in [5, 5.41) is 0. The van der Waals surface area contributed by atoms with Crippen molar-refractivity contribution in [1.29, 1.82) is 0 Å². The van der Waals surface area contributed by atoms with Crippen molar-refractivity contribution in [2.75, 3.05) is 0 Å². The van der Waals surface area contributed by atoms with Crippen LogP contribution in [0.15, 0.2) is 30.3 Å². The Bertz CT molecular complexity index is 286. The summed E-state index contributed by atoms with van der Waals surface area (Å²) in [6.45, 7) is 6.99. The van der Waals surface area contributed by atoms with Crippen LogP contribution in [0.5, 0.6) is 0 Å². The van der Waals surface area contributed by atoms with E-state index in [-0.39, 0.29) is 0 Å². The molecule has 1 aromatic rings. The van der Waals surface area contributed by atoms with Gasteiger partial charge in [0.1, 0.15) is 0 Å². The second-order valence-electron chi connectivity index (χ2n) is 6.03. The minimum atomic E-state index is 0.824. The van der Waals surface area contributed by atoms with Crippen LogP contribution in [0.4, 0.5) is 0 Å². The fourth-order valence-electron chi connectivity index (χ4n) is 2.78. The normalized spacial score (nSPS) is 12.9. The van der Waals surface area contributed by atoms with E-state index in [1.54, 1.807) is 0 Å². The highest BCUT2D eigenvalue weighted by molar-refractivity contribution is 5.15. The predicted molar refractivity (Wildman–Crippen MR) is 81.9 cm³/mol. The summed E-state index contributed by atoms with van der Waals surface area (Å²) in [5.41, 5.74) is 1.51. The first kappa shape index (κ1) is 15.3. The summed E-state index contributed by atoms with van der Waals surface area (Å²) in [7, 11) is 0. The van der Waals surface area contributed by atoms with Gasteiger partial charge in [-0.15, -0.1) is 0 Å². The first-order valence-corrected chi connectivity index (χ1v) is 7.76. The van der Waals surface area contributed by atoms with Crippen LogP contribution >= 0.6 is 0 Å². The minimum absolute atomic E-state index is 0.824. The van der Waals surface area contributed by atoms with Gasteiger partial charge < -0.3 is 0 Å². The summed E-state index contributed by atoms with van der Waals surface area (Å²) in [6.07, 6.45) is 9.63. The van der Waals surface area contributed by atoms with E-state index in [0.29, 0.717) is 0 Å². The Morgan fingerprint density at radius 1 is 0.944 bits per heavy atom. The number of unbranched alkanes of at least 4 members (excludes halogenated alkanes) is 3. The van der Waals surface area contributed by atoms with Gasteiger partial charge in [0, 0.05) is 0 Å². The fourth-order valence-corrected chi connectivity index (χ4v) is 2.78. The molecular formula is C18H30. The monoisotopic (exact) mass is 246 g/mol. The lowest BCUT2D eigenvalue weighted by Crippen LogP contribution is -2.08. The van der Waals surface area contributed by atoms with Crippen LogP contribution in [0.1, 0.15) is 64.9 Å². The van der Waals surface area contributed by atoms with E-state index in [1.807, 2.05) is 0 Å². The molecule has 0 saturated carbocycles. The minimum Gasteiger partial charge on any atom is -0.0654 e. The molecule has 1 atom stereocenters. The van der Waals surface area contributed by atoms with Gasteiger partial charge in [0.25, 0.3) is 0 Å². The maximum Gasteiger partial charge on any atom is -0.0250 e. The van der Waals surface area contributed by atoms with Crippen LogP contribution in [0, 0.1) is 11.8 Å². The van der Waals surface area contributed by atoms with E-state index in [2.05, 4.69) is 51.1 Å². The summed E-state index contributed by atoms with van der Waals surface area (Å²) in [6, 6.07) is 11.0. The van der Waals surface area contributed by atoms with Crippen LogP contribution < -0.4 is 0 Å². The van der Waals surface area contributed by atoms with Gasteiger partial charge in [0.2, 0.25) is 0 Å². The molecule has 0 aliphatic rings. The van der Waals surface area contributed by atoms with Crippen molar-refractivity contribution in [3.05, 3.63) is 35.9 Å². The molecule has 0 aliphatic carbocycles. The average Bonchev–Trinajstić information content (AvgIpc) is 2.35. The molecular weight excluding hydrogens is 216 g/mol. The van der Waals surface area contributed by atoms with E-state index < -0.39 is 0 Å². The number of hydrogen-bond acceptors (Lipinski definition) is 0. The Hall–Kier alpha value is -0.780. The Morgan fingerprint density at radius 3 is 2.28 bits per heavy atom. The SMILES string of the molecule is CCCCCCC(Cc1ccccc1)CC(C)C. The van der Waals surface area contributed by atoms with Gasteiger partial charge in [-0.05, 0) is 30.2 Å². The van der Waals surface area contributed by atoms with Gasteiger partial charge in [0.15, 0.2) is 0 Å². The van der Waals surface area contributed by atoms with Crippen molar-refractivity contribution in [3.8, 4) is 0 Å². The van der Waals surface area contributed by atoms with E-state index in [9.17, 15) is 0 Å². The van der Waals surface area contributed by atoms with Gasteiger partial charge in [-0.1, -0.05) is 83.2 Å². The summed E-state index contributed by atoms with van der Waals surface area (Å²) in [5.74, 6) is 1.70. The van der Waals surface area contributed by atoms with E-state index in [0.717, 1.165) is 11.8 Å². The van der Waals surface area contributed by atoms with Gasteiger partial charge in [-0.3, -0.25) is 0 Å². The molecule has 0 radical (unpaired) electrons. The first-order chi connectivity index (χ1) is 8.72. The van der Waals surface area contributed by atoms with Gasteiger partial charge >= 0.3 is 0 Å². The fraction of sp³-hybridized carbons (Fsp3) is 0.667. The maximum atomic E-state index is 2.35. The highest BCUT2D eigenvalue weighted by Crippen LogP contribution is 2.23. The third kappa shape index (κ3) is 6.83. The molecule has 1 aromatic carbocycles. The highest BCUT2D eigenvalue weighted by atomic mass is 14.2. The molecule has 18 heavy (non-hydrogen) atoms. The van der Waals surface area contributed by atoms with Crippen molar-refractivity contribution in [2.45, 2.75) is 65.7 Å². The standard InChI is InChI=1S/C18H30/c1-4-5-6-8-13-18(14-16(2)3)15-17-11-9-7-10-12-17/h7,9-12,16,18H,4-6,8,13-15H2,1-3H3. The highest BCUT2D eigenvalue weighted by Gasteiger charge is 2.11. The molecule has 0 amide bonds. The number of rotatable bonds is 9. The third-order valence-electron chi connectivity index (χ3n) is 3.64. The third-order valence-corrected chi connectivity index (χ3v) is 3.64. The van der Waals surface area contributed by atoms with Gasteiger partial charge in [-0.2, -0.15) is 0 Å². The Balaban J connectivity index is 2.40. The summed E-state index contributed by atoms with van der Waals surface area (Å²) < 4.78 is 0. The molecule has 0 saturated heterocycles. The lowest BCUT2D eigenvalue weighted by atomic mass is 9.87. The van der Waals surface area contributed by atoms with E-state index in [1.165, 1.54) is 50.5 Å². The van der Waals surface area contributed by atoms with Gasteiger partial charge in [-0.25, -0.2) is 0 Å². The zero-order valence-corrected chi connectivity index (χ0v) is 12.5. The second kappa shape index (κ2) is 9.19. The second-order valence-corrected chi connectivity index (χ2v) is 6.03. The topological polar surface area (TPSA) is 0 Å².